The second kappa shape index (κ2) is 21.2. The number of carbonyl (C=O) groups is 9. The Hall–Kier alpha value is -5.33. The zero-order valence-corrected chi connectivity index (χ0v) is 18.3. The minimum absolute atomic E-state index is 0.296. The highest BCUT2D eigenvalue weighted by Crippen LogP contribution is 2.15. The van der Waals surface area contributed by atoms with E-state index in [1.807, 2.05) is 0 Å². The van der Waals surface area contributed by atoms with Gasteiger partial charge in [-0.1, -0.05) is 0 Å². The van der Waals surface area contributed by atoms with Crippen LogP contribution in [0.5, 0.6) is 0 Å². The predicted molar refractivity (Wildman–Crippen MR) is 110 cm³/mol. The molecule has 0 aromatic heterocycles. The van der Waals surface area contributed by atoms with Gasteiger partial charge >= 0.3 is 53.7 Å². The van der Waals surface area contributed by atoms with Gasteiger partial charge in [0.1, 0.15) is 0 Å². The lowest BCUT2D eigenvalue weighted by molar-refractivity contribution is -0.170. The normalized spacial score (nSPS) is 9.76. The summed E-state index contributed by atoms with van der Waals surface area (Å²) in [6.45, 7) is 0. The smallest absolute Gasteiger partial charge is 0.336 e. The lowest BCUT2D eigenvalue weighted by Gasteiger charge is -2.18. The van der Waals surface area contributed by atoms with Crippen LogP contribution in [0.25, 0.3) is 0 Å². The Labute approximate surface area is 204 Å². The Bertz CT molecular complexity index is 814. The van der Waals surface area contributed by atoms with Crippen LogP contribution in [-0.4, -0.2) is 110 Å². The zero-order chi connectivity index (χ0) is 30.4. The second-order valence-electron chi connectivity index (χ2n) is 5.78. The van der Waals surface area contributed by atoms with Gasteiger partial charge in [-0.15, -0.1) is 0 Å². The average Bonchev–Trinajstić information content (AvgIpc) is 2.69. The molecule has 0 aromatic rings. The molecule has 10 N–H and O–H groups in total. The summed E-state index contributed by atoms with van der Waals surface area (Å²) < 4.78 is 0. The monoisotopic (exact) mass is 542 g/mol. The summed E-state index contributed by atoms with van der Waals surface area (Å²) in [6.07, 6.45) is -0.650. The van der Waals surface area contributed by atoms with Crippen LogP contribution in [0.1, 0.15) is 25.7 Å². The van der Waals surface area contributed by atoms with Crippen molar-refractivity contribution in [3.8, 4) is 0 Å². The van der Waals surface area contributed by atoms with E-state index in [-0.39, 0.29) is 12.8 Å². The van der Waals surface area contributed by atoms with E-state index in [1.54, 1.807) is 0 Å². The van der Waals surface area contributed by atoms with Crippen molar-refractivity contribution in [1.82, 2.24) is 0 Å². The van der Waals surface area contributed by atoms with Crippen LogP contribution >= 0.6 is 0 Å². The summed E-state index contributed by atoms with van der Waals surface area (Å²) >= 11 is 0. The lowest BCUT2D eigenvalue weighted by Crippen LogP contribution is -2.42. The molecular formula is C18H22O19. The van der Waals surface area contributed by atoms with Crippen LogP contribution in [0.3, 0.4) is 0 Å². The molecule has 0 rings (SSSR count). The van der Waals surface area contributed by atoms with E-state index >= 15 is 0 Å². The van der Waals surface area contributed by atoms with Gasteiger partial charge in [-0.05, 0) is 0 Å². The molecule has 0 aliphatic heterocycles. The van der Waals surface area contributed by atoms with Gasteiger partial charge < -0.3 is 51.1 Å². The third-order valence-electron chi connectivity index (χ3n) is 2.58. The Morgan fingerprint density at radius 3 is 0.757 bits per heavy atom. The van der Waals surface area contributed by atoms with Crippen molar-refractivity contribution in [2.24, 2.45) is 0 Å². The average molecular weight is 542 g/mol. The Kier molecular flexibility index (Phi) is 22.3. The first-order valence-corrected chi connectivity index (χ1v) is 8.77. The van der Waals surface area contributed by atoms with Crippen LogP contribution in [0.2, 0.25) is 0 Å². The maximum absolute atomic E-state index is 10.3. The van der Waals surface area contributed by atoms with Crippen molar-refractivity contribution in [3.63, 3.8) is 0 Å². The zero-order valence-electron chi connectivity index (χ0n) is 18.3. The molecule has 0 atom stereocenters. The number of hydrogen-bond acceptors (Lipinski definition) is 10. The van der Waals surface area contributed by atoms with Gasteiger partial charge in [0, 0.05) is 24.3 Å². The molecule has 0 saturated heterocycles. The molecule has 0 aromatic carbocycles. The molecule has 0 spiro atoms. The Morgan fingerprint density at radius 2 is 0.649 bits per heavy atom. The minimum atomic E-state index is -2.74. The topological polar surface area (TPSA) is 356 Å². The van der Waals surface area contributed by atoms with E-state index in [1.165, 1.54) is 0 Å². The van der Waals surface area contributed by atoms with E-state index in [0.717, 1.165) is 0 Å². The summed E-state index contributed by atoms with van der Waals surface area (Å²) in [5, 5.41) is 80.9. The Morgan fingerprint density at radius 1 is 0.432 bits per heavy atom. The number of aliphatic hydroxyl groups is 1. The SMILES string of the molecule is O=C(O)C=CC(=O)O.O=C(O)C=CC(=O)O.O=C(O)CC(O)(CC(=O)O)C(=O)O.O=C(O)CCC(=O)O. The quantitative estimate of drug-likeness (QED) is 0.120. The summed E-state index contributed by atoms with van der Waals surface area (Å²) in [5.74, 6) is -12.2. The van der Waals surface area contributed by atoms with Gasteiger partial charge in [0.15, 0.2) is 5.60 Å². The highest BCUT2D eigenvalue weighted by molar-refractivity contribution is 5.90. The molecule has 0 aliphatic carbocycles. The fourth-order valence-electron chi connectivity index (χ4n) is 1.21. The van der Waals surface area contributed by atoms with Gasteiger partial charge in [-0.3, -0.25) is 19.2 Å². The molecule has 0 amide bonds. The molecule has 0 bridgehead atoms. The molecule has 19 heteroatoms. The lowest BCUT2D eigenvalue weighted by atomic mass is 9.96. The molecule has 0 saturated carbocycles. The van der Waals surface area contributed by atoms with Crippen molar-refractivity contribution in [2.45, 2.75) is 31.3 Å². The molecule has 0 heterocycles. The van der Waals surface area contributed by atoms with E-state index < -0.39 is 72.2 Å². The summed E-state index contributed by atoms with van der Waals surface area (Å²) in [6, 6.07) is 0. The van der Waals surface area contributed by atoms with Crippen molar-refractivity contribution in [1.29, 1.82) is 0 Å². The standard InChI is InChI=1S/C6H8O7.C4H6O4.2C4H4O4/c7-3(8)1-6(13,5(11)12)2-4(9)10;3*5-3(6)1-2-4(7)8/h13H,1-2H2,(H,7,8)(H,9,10)(H,11,12);1-2H2,(H,5,6)(H,7,8);2*1-2H,(H,5,6)(H,7,8). The molecule has 19 nitrogen and oxygen atoms in total. The molecule has 0 radical (unpaired) electrons. The van der Waals surface area contributed by atoms with Gasteiger partial charge in [0.25, 0.3) is 0 Å². The van der Waals surface area contributed by atoms with E-state index in [0.29, 0.717) is 24.3 Å². The van der Waals surface area contributed by atoms with Gasteiger partial charge in [-0.25, -0.2) is 24.0 Å². The van der Waals surface area contributed by atoms with Crippen LogP contribution < -0.4 is 0 Å². The predicted octanol–water partition coefficient (Wildman–Crippen LogP) is -1.89. The third-order valence-corrected chi connectivity index (χ3v) is 2.58. The maximum Gasteiger partial charge on any atom is 0.336 e. The van der Waals surface area contributed by atoms with Crippen LogP contribution in [0.4, 0.5) is 0 Å². The summed E-state index contributed by atoms with van der Waals surface area (Å²) in [4.78, 5) is 88.0. The van der Waals surface area contributed by atoms with Crippen LogP contribution in [-0.2, 0) is 43.2 Å². The molecule has 0 fully saturated rings. The van der Waals surface area contributed by atoms with E-state index in [2.05, 4.69) is 0 Å². The van der Waals surface area contributed by atoms with Gasteiger partial charge in [-0.2, -0.15) is 0 Å². The molecule has 208 valence electrons. The van der Waals surface area contributed by atoms with E-state index in [4.69, 9.17) is 51.1 Å². The molecular weight excluding hydrogens is 520 g/mol. The largest absolute Gasteiger partial charge is 0.481 e. The second-order valence-corrected chi connectivity index (χ2v) is 5.78. The fourth-order valence-corrected chi connectivity index (χ4v) is 1.21. The van der Waals surface area contributed by atoms with Crippen molar-refractivity contribution in [3.05, 3.63) is 24.3 Å². The first-order chi connectivity index (χ1) is 16.7. The minimum Gasteiger partial charge on any atom is -0.481 e. The first-order valence-electron chi connectivity index (χ1n) is 8.77. The van der Waals surface area contributed by atoms with E-state index in [9.17, 15) is 43.2 Å². The number of carboxylic acids is 9. The third kappa shape index (κ3) is 38.3. The summed E-state index contributed by atoms with van der Waals surface area (Å²) in [7, 11) is 0. The van der Waals surface area contributed by atoms with Crippen molar-refractivity contribution < 1.29 is 94.2 Å². The molecule has 0 aliphatic rings. The van der Waals surface area contributed by atoms with Gasteiger partial charge in [0.05, 0.1) is 25.7 Å². The molecule has 0 unspecified atom stereocenters. The van der Waals surface area contributed by atoms with Crippen LogP contribution in [0.15, 0.2) is 24.3 Å². The van der Waals surface area contributed by atoms with Gasteiger partial charge in [0.2, 0.25) is 0 Å². The first kappa shape index (κ1) is 38.9. The fraction of sp³-hybridized carbons (Fsp3) is 0.278. The van der Waals surface area contributed by atoms with Crippen LogP contribution in [0, 0.1) is 0 Å². The number of rotatable bonds is 12. The highest BCUT2D eigenvalue weighted by atomic mass is 16.4. The van der Waals surface area contributed by atoms with Crippen molar-refractivity contribution >= 4 is 53.7 Å². The number of aliphatic carboxylic acids is 9. The van der Waals surface area contributed by atoms with Crippen molar-refractivity contribution in [2.75, 3.05) is 0 Å². The number of hydrogen-bond donors (Lipinski definition) is 10. The maximum atomic E-state index is 10.3. The highest BCUT2D eigenvalue weighted by Gasteiger charge is 2.40. The summed E-state index contributed by atoms with van der Waals surface area (Å²) in [5.41, 5.74) is -2.74. The Balaban J connectivity index is -0.000000202. The number of carboxylic acid groups (broad SMARTS) is 9. The molecule has 37 heavy (non-hydrogen) atoms.